The Morgan fingerprint density at radius 3 is 2.71 bits per heavy atom. The average molecular weight is 324 g/mol. The topological polar surface area (TPSA) is 58.6 Å². The van der Waals surface area contributed by atoms with Crippen LogP contribution in [-0.2, 0) is 16.0 Å². The highest BCUT2D eigenvalue weighted by Gasteiger charge is 2.24. The van der Waals surface area contributed by atoms with Gasteiger partial charge in [-0.2, -0.15) is 0 Å². The molecule has 0 aliphatic carbocycles. The van der Waals surface area contributed by atoms with Gasteiger partial charge in [-0.1, -0.05) is 30.3 Å². The predicted molar refractivity (Wildman–Crippen MR) is 93.4 cm³/mol. The Hall–Kier alpha value is -2.82. The largest absolute Gasteiger partial charge is 0.462 e. The second-order valence-corrected chi connectivity index (χ2v) is 5.54. The van der Waals surface area contributed by atoms with Crippen molar-refractivity contribution in [3.05, 3.63) is 59.7 Å². The number of hydrogen-bond donors (Lipinski definition) is 1. The van der Waals surface area contributed by atoms with Crippen LogP contribution >= 0.6 is 0 Å². The summed E-state index contributed by atoms with van der Waals surface area (Å²) in [5.74, 6) is -0.404. The fourth-order valence-electron chi connectivity index (χ4n) is 2.89. The maximum absolute atomic E-state index is 12.5. The van der Waals surface area contributed by atoms with Crippen LogP contribution in [0.2, 0.25) is 0 Å². The van der Waals surface area contributed by atoms with Crippen LogP contribution in [-0.4, -0.2) is 31.6 Å². The molecule has 0 atom stereocenters. The van der Waals surface area contributed by atoms with E-state index in [4.69, 9.17) is 4.74 Å². The summed E-state index contributed by atoms with van der Waals surface area (Å²) in [5.41, 5.74) is 3.21. The van der Waals surface area contributed by atoms with Gasteiger partial charge >= 0.3 is 5.97 Å². The summed E-state index contributed by atoms with van der Waals surface area (Å²) in [6.07, 6.45) is 0.876. The van der Waals surface area contributed by atoms with Gasteiger partial charge in [0.1, 0.15) is 0 Å². The summed E-state index contributed by atoms with van der Waals surface area (Å²) in [4.78, 5) is 26.3. The van der Waals surface area contributed by atoms with E-state index in [-0.39, 0.29) is 18.4 Å². The minimum Gasteiger partial charge on any atom is -0.462 e. The van der Waals surface area contributed by atoms with Gasteiger partial charge in [0.15, 0.2) is 0 Å². The summed E-state index contributed by atoms with van der Waals surface area (Å²) >= 11 is 0. The highest BCUT2D eigenvalue weighted by molar-refractivity contribution is 6.00. The molecule has 5 heteroatoms. The fourth-order valence-corrected chi connectivity index (χ4v) is 2.89. The number of nitrogens with zero attached hydrogens (tertiary/aromatic N) is 1. The predicted octanol–water partition coefficient (Wildman–Crippen LogP) is 2.86. The third kappa shape index (κ3) is 3.25. The quantitative estimate of drug-likeness (QED) is 0.859. The minimum absolute atomic E-state index is 0.0152. The number of fused-ring (bicyclic) bond motifs is 1. The summed E-state index contributed by atoms with van der Waals surface area (Å²) in [6, 6.07) is 15.0. The van der Waals surface area contributed by atoms with Gasteiger partial charge in [0.25, 0.3) is 0 Å². The molecule has 24 heavy (non-hydrogen) atoms. The van der Waals surface area contributed by atoms with E-state index < -0.39 is 0 Å². The van der Waals surface area contributed by atoms with Gasteiger partial charge in [-0.3, -0.25) is 4.79 Å². The van der Waals surface area contributed by atoms with Crippen molar-refractivity contribution >= 4 is 23.3 Å². The van der Waals surface area contributed by atoms with Crippen LogP contribution in [0.4, 0.5) is 11.4 Å². The number of carbonyl (C=O) groups excluding carboxylic acids is 2. The monoisotopic (exact) mass is 324 g/mol. The number of hydrogen-bond acceptors (Lipinski definition) is 4. The van der Waals surface area contributed by atoms with Gasteiger partial charge < -0.3 is 15.0 Å². The number of esters is 1. The van der Waals surface area contributed by atoms with E-state index in [9.17, 15) is 9.59 Å². The van der Waals surface area contributed by atoms with E-state index in [0.717, 1.165) is 12.1 Å². The molecule has 1 heterocycles. The standard InChI is InChI=1S/C19H20N2O3/c1-2-24-19(23)15-8-4-5-9-16(15)20-13-18(22)21-12-11-14-7-3-6-10-17(14)21/h3-10,20H,2,11-13H2,1H3. The zero-order chi connectivity index (χ0) is 16.9. The van der Waals surface area contributed by atoms with E-state index in [1.165, 1.54) is 5.56 Å². The van der Waals surface area contributed by atoms with Crippen molar-refractivity contribution in [3.8, 4) is 0 Å². The molecule has 0 saturated heterocycles. The molecule has 0 unspecified atom stereocenters. The Morgan fingerprint density at radius 1 is 1.12 bits per heavy atom. The molecule has 124 valence electrons. The van der Waals surface area contributed by atoms with Crippen LogP contribution in [0.25, 0.3) is 0 Å². The molecule has 0 aromatic heterocycles. The van der Waals surface area contributed by atoms with Gasteiger partial charge in [0.05, 0.1) is 18.7 Å². The third-order valence-electron chi connectivity index (χ3n) is 4.04. The first-order valence-corrected chi connectivity index (χ1v) is 8.09. The number of carbonyl (C=O) groups is 2. The maximum Gasteiger partial charge on any atom is 0.340 e. The fraction of sp³-hybridized carbons (Fsp3) is 0.263. The summed E-state index contributed by atoms with van der Waals surface area (Å²) in [7, 11) is 0. The van der Waals surface area contributed by atoms with E-state index >= 15 is 0 Å². The molecule has 0 radical (unpaired) electrons. The summed E-state index contributed by atoms with van der Waals surface area (Å²) in [5, 5.41) is 3.07. The van der Waals surface area contributed by atoms with E-state index in [1.807, 2.05) is 30.3 Å². The lowest BCUT2D eigenvalue weighted by Crippen LogP contribution is -2.34. The lowest BCUT2D eigenvalue weighted by molar-refractivity contribution is -0.116. The molecule has 1 amide bonds. The maximum atomic E-state index is 12.5. The molecule has 1 aliphatic rings. The molecular formula is C19H20N2O3. The molecule has 1 aliphatic heterocycles. The first-order valence-electron chi connectivity index (χ1n) is 8.09. The molecule has 5 nitrogen and oxygen atoms in total. The number of nitrogens with one attached hydrogen (secondary N) is 1. The molecule has 0 spiro atoms. The lowest BCUT2D eigenvalue weighted by Gasteiger charge is -2.18. The normalized spacial score (nSPS) is 12.6. The first-order chi connectivity index (χ1) is 11.7. The number of anilines is 2. The van der Waals surface area contributed by atoms with E-state index in [2.05, 4.69) is 5.32 Å². The van der Waals surface area contributed by atoms with Gasteiger partial charge in [-0.05, 0) is 37.1 Å². The Bertz CT molecular complexity index is 758. The molecule has 2 aromatic carbocycles. The van der Waals surface area contributed by atoms with Gasteiger partial charge in [0.2, 0.25) is 5.91 Å². The average Bonchev–Trinajstić information content (AvgIpc) is 3.04. The van der Waals surface area contributed by atoms with E-state index in [0.29, 0.717) is 24.4 Å². The molecule has 1 N–H and O–H groups in total. The molecule has 0 saturated carbocycles. The molecular weight excluding hydrogens is 304 g/mol. The second kappa shape index (κ2) is 7.17. The van der Waals surface area contributed by atoms with Gasteiger partial charge in [0, 0.05) is 17.9 Å². The van der Waals surface area contributed by atoms with Crippen LogP contribution < -0.4 is 10.2 Å². The van der Waals surface area contributed by atoms with Crippen LogP contribution in [0.1, 0.15) is 22.8 Å². The second-order valence-electron chi connectivity index (χ2n) is 5.54. The van der Waals surface area contributed by atoms with E-state index in [1.54, 1.807) is 30.0 Å². The number of rotatable bonds is 5. The van der Waals surface area contributed by atoms with Gasteiger partial charge in [-0.25, -0.2) is 4.79 Å². The van der Waals surface area contributed by atoms with Crippen molar-refractivity contribution < 1.29 is 14.3 Å². The number of para-hydroxylation sites is 2. The van der Waals surface area contributed by atoms with Crippen molar-refractivity contribution in [2.45, 2.75) is 13.3 Å². The van der Waals surface area contributed by atoms with Crippen LogP contribution in [0, 0.1) is 0 Å². The minimum atomic E-state index is -0.389. The molecule has 0 bridgehead atoms. The first kappa shape index (κ1) is 16.1. The Morgan fingerprint density at radius 2 is 1.88 bits per heavy atom. The highest BCUT2D eigenvalue weighted by atomic mass is 16.5. The number of amides is 1. The summed E-state index contributed by atoms with van der Waals surface area (Å²) in [6.45, 7) is 2.91. The van der Waals surface area contributed by atoms with Crippen molar-refractivity contribution in [3.63, 3.8) is 0 Å². The SMILES string of the molecule is CCOC(=O)c1ccccc1NCC(=O)N1CCc2ccccc21. The van der Waals surface area contributed by atoms with Crippen LogP contribution in [0.5, 0.6) is 0 Å². The molecule has 0 fully saturated rings. The number of benzene rings is 2. The zero-order valence-electron chi connectivity index (χ0n) is 13.6. The van der Waals surface area contributed by atoms with Gasteiger partial charge in [-0.15, -0.1) is 0 Å². The third-order valence-corrected chi connectivity index (χ3v) is 4.04. The highest BCUT2D eigenvalue weighted by Crippen LogP contribution is 2.27. The Balaban J connectivity index is 1.69. The van der Waals surface area contributed by atoms with Crippen molar-refractivity contribution in [1.29, 1.82) is 0 Å². The zero-order valence-corrected chi connectivity index (χ0v) is 13.6. The van der Waals surface area contributed by atoms with Crippen LogP contribution in [0.15, 0.2) is 48.5 Å². The molecule has 3 rings (SSSR count). The molecule has 2 aromatic rings. The van der Waals surface area contributed by atoms with Crippen molar-refractivity contribution in [2.75, 3.05) is 29.9 Å². The number of ether oxygens (including phenoxy) is 1. The Labute approximate surface area is 141 Å². The van der Waals surface area contributed by atoms with Crippen molar-refractivity contribution in [1.82, 2.24) is 0 Å². The summed E-state index contributed by atoms with van der Waals surface area (Å²) < 4.78 is 5.05. The van der Waals surface area contributed by atoms with Crippen molar-refractivity contribution in [2.24, 2.45) is 0 Å². The lowest BCUT2D eigenvalue weighted by atomic mass is 10.1. The smallest absolute Gasteiger partial charge is 0.340 e. The Kier molecular flexibility index (Phi) is 4.79. The van der Waals surface area contributed by atoms with Crippen LogP contribution in [0.3, 0.4) is 0 Å².